The standard InChI is InChI=1S/C9H10N2OP/c1-11-6-9(13-12)7-4-2-3-5-8(7)10-11/h2-6,12-13H,1H3/q+1. The van der Waals surface area contributed by atoms with Gasteiger partial charge in [-0.2, -0.15) is 0 Å². The van der Waals surface area contributed by atoms with E-state index < -0.39 is 0 Å². The molecular weight excluding hydrogens is 183 g/mol. The molecule has 1 heterocycles. The van der Waals surface area contributed by atoms with E-state index >= 15 is 0 Å². The average molecular weight is 193 g/mol. The number of benzene rings is 1. The highest BCUT2D eigenvalue weighted by atomic mass is 31.1. The molecule has 66 valence electrons. The summed E-state index contributed by atoms with van der Waals surface area (Å²) in [6.07, 6.45) is 1.85. The SMILES string of the molecule is C[n+]1cc(PO)c2ccccc2n1. The molecular formula is C9H10N2OP+. The molecule has 1 aromatic heterocycles. The molecule has 0 amide bonds. The summed E-state index contributed by atoms with van der Waals surface area (Å²) in [6, 6.07) is 7.81. The van der Waals surface area contributed by atoms with Gasteiger partial charge in [0, 0.05) is 14.2 Å². The summed E-state index contributed by atoms with van der Waals surface area (Å²) < 4.78 is 1.72. The third kappa shape index (κ3) is 1.53. The highest BCUT2D eigenvalue weighted by Gasteiger charge is 2.06. The fraction of sp³-hybridized carbons (Fsp3) is 0.111. The molecule has 0 aliphatic carbocycles. The zero-order valence-corrected chi connectivity index (χ0v) is 8.23. The van der Waals surface area contributed by atoms with Crippen molar-refractivity contribution in [2.24, 2.45) is 7.05 Å². The van der Waals surface area contributed by atoms with Gasteiger partial charge in [-0.1, -0.05) is 22.9 Å². The van der Waals surface area contributed by atoms with Crippen molar-refractivity contribution in [1.82, 2.24) is 5.10 Å². The largest absolute Gasteiger partial charge is 0.372 e. The van der Waals surface area contributed by atoms with Gasteiger partial charge in [0.15, 0.2) is 7.05 Å². The lowest BCUT2D eigenvalue weighted by Crippen LogP contribution is -2.35. The Bertz CT molecular complexity index is 445. The minimum atomic E-state index is -0.181. The molecule has 1 aromatic carbocycles. The number of aromatic nitrogens is 2. The number of nitrogens with zero attached hydrogens (tertiary/aromatic N) is 2. The molecule has 4 heteroatoms. The van der Waals surface area contributed by atoms with E-state index in [1.54, 1.807) is 4.68 Å². The Hall–Kier alpha value is -1.05. The molecule has 0 aliphatic heterocycles. The predicted octanol–water partition coefficient (Wildman–Crippen LogP) is 0.270. The van der Waals surface area contributed by atoms with Crippen LogP contribution in [0.15, 0.2) is 30.5 Å². The van der Waals surface area contributed by atoms with Gasteiger partial charge in [-0.05, 0) is 11.2 Å². The molecule has 2 aromatic rings. The second-order valence-corrected chi connectivity index (χ2v) is 3.61. The Morgan fingerprint density at radius 1 is 1.38 bits per heavy atom. The molecule has 0 bridgehead atoms. The maximum atomic E-state index is 9.15. The van der Waals surface area contributed by atoms with Crippen molar-refractivity contribution in [3.05, 3.63) is 30.5 Å². The second kappa shape index (κ2) is 3.36. The molecule has 0 fully saturated rings. The fourth-order valence-corrected chi connectivity index (χ4v) is 1.91. The van der Waals surface area contributed by atoms with E-state index in [4.69, 9.17) is 4.89 Å². The first-order chi connectivity index (χ1) is 6.31. The molecule has 3 nitrogen and oxygen atoms in total. The maximum absolute atomic E-state index is 9.15. The van der Waals surface area contributed by atoms with Crippen molar-refractivity contribution in [2.75, 3.05) is 0 Å². The van der Waals surface area contributed by atoms with Crippen molar-refractivity contribution in [2.45, 2.75) is 0 Å². The summed E-state index contributed by atoms with van der Waals surface area (Å²) in [5.74, 6) is 0. The van der Waals surface area contributed by atoms with E-state index in [-0.39, 0.29) is 8.81 Å². The van der Waals surface area contributed by atoms with E-state index in [0.717, 1.165) is 16.2 Å². The van der Waals surface area contributed by atoms with Crippen molar-refractivity contribution in [1.29, 1.82) is 0 Å². The van der Waals surface area contributed by atoms with Gasteiger partial charge in [0.1, 0.15) is 5.52 Å². The minimum absolute atomic E-state index is 0.181. The molecule has 13 heavy (non-hydrogen) atoms. The third-order valence-corrected chi connectivity index (χ3v) is 2.54. The van der Waals surface area contributed by atoms with Gasteiger partial charge in [-0.3, -0.25) is 0 Å². The smallest absolute Gasteiger partial charge is 0.206 e. The van der Waals surface area contributed by atoms with Crippen LogP contribution in [0, 0.1) is 0 Å². The van der Waals surface area contributed by atoms with Crippen LogP contribution in [0.3, 0.4) is 0 Å². The second-order valence-electron chi connectivity index (χ2n) is 2.85. The quantitative estimate of drug-likeness (QED) is 0.521. The van der Waals surface area contributed by atoms with Gasteiger partial charge >= 0.3 is 0 Å². The van der Waals surface area contributed by atoms with Crippen molar-refractivity contribution in [3.63, 3.8) is 0 Å². The van der Waals surface area contributed by atoms with Crippen LogP contribution in [-0.4, -0.2) is 9.99 Å². The molecule has 0 aliphatic rings. The number of fused-ring (bicyclic) bond motifs is 1. The molecule has 2 rings (SSSR count). The zero-order chi connectivity index (χ0) is 9.26. The van der Waals surface area contributed by atoms with E-state index in [2.05, 4.69) is 5.10 Å². The molecule has 1 N–H and O–H groups in total. The Morgan fingerprint density at radius 2 is 2.15 bits per heavy atom. The van der Waals surface area contributed by atoms with Crippen LogP contribution < -0.4 is 9.99 Å². The van der Waals surface area contributed by atoms with Crippen LogP contribution in [0.4, 0.5) is 0 Å². The van der Waals surface area contributed by atoms with E-state index in [1.165, 1.54) is 0 Å². The molecule has 0 saturated carbocycles. The van der Waals surface area contributed by atoms with Crippen LogP contribution >= 0.6 is 8.81 Å². The lowest BCUT2D eigenvalue weighted by molar-refractivity contribution is -0.727. The van der Waals surface area contributed by atoms with Gasteiger partial charge in [0.05, 0.1) is 5.30 Å². The first-order valence-electron chi connectivity index (χ1n) is 3.97. The fourth-order valence-electron chi connectivity index (χ4n) is 1.33. The van der Waals surface area contributed by atoms with Gasteiger partial charge in [-0.25, -0.2) is 0 Å². The van der Waals surface area contributed by atoms with Crippen LogP contribution in [0.2, 0.25) is 0 Å². The number of rotatable bonds is 1. The van der Waals surface area contributed by atoms with Gasteiger partial charge in [0.2, 0.25) is 6.20 Å². The van der Waals surface area contributed by atoms with E-state index in [0.29, 0.717) is 0 Å². The van der Waals surface area contributed by atoms with Crippen LogP contribution in [0.25, 0.3) is 10.9 Å². The highest BCUT2D eigenvalue weighted by molar-refractivity contribution is 7.41. The summed E-state index contributed by atoms with van der Waals surface area (Å²) >= 11 is 0. The zero-order valence-electron chi connectivity index (χ0n) is 7.23. The average Bonchev–Trinajstić information content (AvgIpc) is 2.16. The predicted molar refractivity (Wildman–Crippen MR) is 53.1 cm³/mol. The maximum Gasteiger partial charge on any atom is 0.206 e. The van der Waals surface area contributed by atoms with Crippen LogP contribution in [0.5, 0.6) is 0 Å². The Balaban J connectivity index is 2.81. The number of hydrogen-bond acceptors (Lipinski definition) is 2. The summed E-state index contributed by atoms with van der Waals surface area (Å²) in [6.45, 7) is 0. The lowest BCUT2D eigenvalue weighted by atomic mass is 10.2. The topological polar surface area (TPSA) is 37.0 Å². The summed E-state index contributed by atoms with van der Waals surface area (Å²) in [7, 11) is 1.68. The highest BCUT2D eigenvalue weighted by Crippen LogP contribution is 2.12. The van der Waals surface area contributed by atoms with E-state index in [9.17, 15) is 0 Å². The third-order valence-electron chi connectivity index (χ3n) is 1.90. The monoisotopic (exact) mass is 193 g/mol. The van der Waals surface area contributed by atoms with Crippen LogP contribution in [0.1, 0.15) is 0 Å². The molecule has 1 atom stereocenters. The first-order valence-corrected chi connectivity index (χ1v) is 4.92. The summed E-state index contributed by atoms with van der Waals surface area (Å²) in [5.41, 5.74) is 0.920. The van der Waals surface area contributed by atoms with E-state index in [1.807, 2.05) is 37.5 Å². The number of aryl methyl sites for hydroxylation is 1. The summed E-state index contributed by atoms with van der Waals surface area (Å²) in [4.78, 5) is 9.15. The minimum Gasteiger partial charge on any atom is -0.372 e. The molecule has 1 unspecified atom stereocenters. The number of hydrogen-bond donors (Lipinski definition) is 1. The van der Waals surface area contributed by atoms with Crippen molar-refractivity contribution >= 4 is 25.0 Å². The normalized spacial score (nSPS) is 11.5. The first kappa shape index (κ1) is 8.54. The van der Waals surface area contributed by atoms with Gasteiger partial charge in [0.25, 0.3) is 0 Å². The van der Waals surface area contributed by atoms with Gasteiger partial charge in [-0.15, -0.1) is 0 Å². The Morgan fingerprint density at radius 3 is 2.92 bits per heavy atom. The molecule has 0 saturated heterocycles. The molecule has 0 spiro atoms. The van der Waals surface area contributed by atoms with Gasteiger partial charge < -0.3 is 4.89 Å². The van der Waals surface area contributed by atoms with Crippen molar-refractivity contribution < 1.29 is 9.58 Å². The Labute approximate surface area is 77.9 Å². The van der Waals surface area contributed by atoms with Crippen LogP contribution in [-0.2, 0) is 7.05 Å². The lowest BCUT2D eigenvalue weighted by Gasteiger charge is -1.98. The Kier molecular flexibility index (Phi) is 2.21. The summed E-state index contributed by atoms with van der Waals surface area (Å²) in [5, 5.41) is 6.26. The van der Waals surface area contributed by atoms with Crippen molar-refractivity contribution in [3.8, 4) is 0 Å². The molecule has 0 radical (unpaired) electrons.